The van der Waals surface area contributed by atoms with Crippen molar-refractivity contribution in [2.45, 2.75) is 28.8 Å². The highest BCUT2D eigenvalue weighted by molar-refractivity contribution is 8.00. The summed E-state index contributed by atoms with van der Waals surface area (Å²) in [7, 11) is 0. The number of rotatable bonds is 9. The number of carbonyl (C=O) groups excluding carboxylic acids is 1. The Kier molecular flexibility index (Phi) is 9.43. The standard InChI is InChI=1S/C43H35F3N4OS2/c1-52-39-20-19-38(53-39)40(51)29-22-25-49(26-23-29)37-21-24-47-36-18-17-30(27-34(36)37)35-28-50(48-41(35)43(44,45)46)42(31-11-5-2-6-12-31,32-13-7-3-8-14-32)33-15-9-4-10-16-33/h2-21,24,27-29H,22-23,25-26H2,1H3. The van der Waals surface area contributed by atoms with Crippen LogP contribution in [0, 0.1) is 5.92 Å². The molecule has 0 unspecified atom stereocenters. The number of Topliss-reactive ketones (excluding diaryl/α,β-unsaturated/α-hetero) is 1. The van der Waals surface area contributed by atoms with E-state index in [1.165, 1.54) is 22.2 Å². The minimum Gasteiger partial charge on any atom is -0.371 e. The number of nitrogens with zero attached hydrogens (tertiary/aromatic N) is 4. The lowest BCUT2D eigenvalue weighted by Gasteiger charge is -2.36. The zero-order chi connectivity index (χ0) is 36.6. The lowest BCUT2D eigenvalue weighted by atomic mass is 9.77. The van der Waals surface area contributed by atoms with Crippen LogP contribution < -0.4 is 4.90 Å². The zero-order valence-electron chi connectivity index (χ0n) is 28.8. The van der Waals surface area contributed by atoms with Crippen LogP contribution in [0.2, 0.25) is 0 Å². The van der Waals surface area contributed by atoms with E-state index < -0.39 is 17.4 Å². The summed E-state index contributed by atoms with van der Waals surface area (Å²) in [6.45, 7) is 1.31. The molecular formula is C43H35F3N4OS2. The molecule has 0 radical (unpaired) electrons. The Morgan fingerprint density at radius 3 is 1.94 bits per heavy atom. The number of thioether (sulfide) groups is 1. The van der Waals surface area contributed by atoms with Gasteiger partial charge in [-0.15, -0.1) is 23.1 Å². The van der Waals surface area contributed by atoms with Crippen molar-refractivity contribution in [3.8, 4) is 11.1 Å². The van der Waals surface area contributed by atoms with E-state index in [4.69, 9.17) is 0 Å². The summed E-state index contributed by atoms with van der Waals surface area (Å²) >= 11 is 3.18. The number of pyridine rings is 1. The van der Waals surface area contributed by atoms with Crippen LogP contribution in [0.5, 0.6) is 0 Å². The SMILES string of the molecule is CSc1ccc(C(=O)C2CCN(c3ccnc4ccc(-c5cn(C(c6ccccc6)(c6ccccc6)c6ccccc6)nc5C(F)(F)F)cc34)CC2)s1. The Morgan fingerprint density at radius 1 is 0.792 bits per heavy atom. The molecular weight excluding hydrogens is 710 g/mol. The van der Waals surface area contributed by atoms with E-state index in [1.807, 2.05) is 115 Å². The van der Waals surface area contributed by atoms with Gasteiger partial charge in [0, 0.05) is 48.0 Å². The smallest absolute Gasteiger partial charge is 0.371 e. The highest BCUT2D eigenvalue weighted by atomic mass is 32.2. The minimum absolute atomic E-state index is 0.0220. The van der Waals surface area contributed by atoms with Crippen LogP contribution in [-0.4, -0.2) is 39.9 Å². The molecule has 0 amide bonds. The quantitative estimate of drug-likeness (QED) is 0.0837. The number of aromatic nitrogens is 3. The third-order valence-electron chi connectivity index (χ3n) is 10.2. The molecule has 0 spiro atoms. The Bertz CT molecular complexity index is 2270. The lowest BCUT2D eigenvalue weighted by Crippen LogP contribution is -2.38. The number of hydrogen-bond acceptors (Lipinski definition) is 6. The Labute approximate surface area is 314 Å². The molecule has 1 aliphatic heterocycles. The van der Waals surface area contributed by atoms with Crippen molar-refractivity contribution in [1.82, 2.24) is 14.8 Å². The zero-order valence-corrected chi connectivity index (χ0v) is 30.5. The first kappa shape index (κ1) is 34.9. The highest BCUT2D eigenvalue weighted by Gasteiger charge is 2.44. The number of hydrogen-bond donors (Lipinski definition) is 0. The van der Waals surface area contributed by atoms with E-state index in [1.54, 1.807) is 36.2 Å². The molecule has 0 atom stereocenters. The number of ketones is 1. The monoisotopic (exact) mass is 744 g/mol. The molecule has 7 aromatic rings. The number of carbonyl (C=O) groups is 1. The molecule has 266 valence electrons. The van der Waals surface area contributed by atoms with Gasteiger partial charge in [-0.1, -0.05) is 97.1 Å². The van der Waals surface area contributed by atoms with Gasteiger partial charge in [0.2, 0.25) is 0 Å². The fourth-order valence-corrected chi connectivity index (χ4v) is 9.19. The molecule has 4 aromatic carbocycles. The largest absolute Gasteiger partial charge is 0.435 e. The van der Waals surface area contributed by atoms with Gasteiger partial charge >= 0.3 is 6.18 Å². The van der Waals surface area contributed by atoms with Gasteiger partial charge in [-0.25, -0.2) is 0 Å². The van der Waals surface area contributed by atoms with E-state index in [0.717, 1.165) is 36.9 Å². The predicted octanol–water partition coefficient (Wildman–Crippen LogP) is 10.8. The van der Waals surface area contributed by atoms with E-state index in [9.17, 15) is 4.79 Å². The van der Waals surface area contributed by atoms with Gasteiger partial charge in [0.05, 0.1) is 14.6 Å². The molecule has 0 saturated carbocycles. The summed E-state index contributed by atoms with van der Waals surface area (Å²) < 4.78 is 48.0. The van der Waals surface area contributed by atoms with Crippen molar-refractivity contribution in [3.05, 3.63) is 167 Å². The number of piperidine rings is 1. The normalized spacial score (nSPS) is 14.2. The van der Waals surface area contributed by atoms with Crippen LogP contribution in [0.1, 0.15) is 44.9 Å². The predicted molar refractivity (Wildman–Crippen MR) is 208 cm³/mol. The summed E-state index contributed by atoms with van der Waals surface area (Å²) in [6, 6.07) is 39.7. The second-order valence-corrected chi connectivity index (χ2v) is 15.3. The second kappa shape index (κ2) is 14.3. The van der Waals surface area contributed by atoms with Gasteiger partial charge in [0.1, 0.15) is 5.54 Å². The number of thiophene rings is 1. The molecule has 53 heavy (non-hydrogen) atoms. The molecule has 5 nitrogen and oxygen atoms in total. The Hall–Kier alpha value is -5.19. The van der Waals surface area contributed by atoms with Crippen molar-refractivity contribution in [2.24, 2.45) is 5.92 Å². The highest BCUT2D eigenvalue weighted by Crippen LogP contribution is 2.45. The molecule has 1 aliphatic rings. The molecule has 0 bridgehead atoms. The molecule has 0 aliphatic carbocycles. The average Bonchev–Trinajstić information content (AvgIpc) is 3.88. The lowest BCUT2D eigenvalue weighted by molar-refractivity contribution is -0.141. The summed E-state index contributed by atoms with van der Waals surface area (Å²) in [6.07, 6.45) is 1.93. The number of halogens is 3. The Balaban J connectivity index is 1.22. The molecule has 4 heterocycles. The molecule has 3 aromatic heterocycles. The molecule has 10 heteroatoms. The average molecular weight is 745 g/mol. The second-order valence-electron chi connectivity index (χ2n) is 13.2. The summed E-state index contributed by atoms with van der Waals surface area (Å²) in [4.78, 5) is 20.9. The van der Waals surface area contributed by atoms with Gasteiger partial charge in [0.15, 0.2) is 11.5 Å². The number of fused-ring (bicyclic) bond motifs is 1. The summed E-state index contributed by atoms with van der Waals surface area (Å²) in [5, 5.41) is 5.19. The maximum Gasteiger partial charge on any atom is 0.435 e. The Morgan fingerprint density at radius 2 is 1.40 bits per heavy atom. The van der Waals surface area contributed by atoms with Gasteiger partial charge in [-0.2, -0.15) is 18.3 Å². The molecule has 1 saturated heterocycles. The van der Waals surface area contributed by atoms with Gasteiger partial charge in [-0.3, -0.25) is 14.5 Å². The fourth-order valence-electron chi connectivity index (χ4n) is 7.62. The van der Waals surface area contributed by atoms with Crippen molar-refractivity contribution in [1.29, 1.82) is 0 Å². The number of alkyl halides is 3. The van der Waals surface area contributed by atoms with Gasteiger partial charge in [0.25, 0.3) is 0 Å². The number of anilines is 1. The van der Waals surface area contributed by atoms with Crippen LogP contribution in [0.25, 0.3) is 22.0 Å². The van der Waals surface area contributed by atoms with E-state index in [-0.39, 0.29) is 17.3 Å². The first-order valence-electron chi connectivity index (χ1n) is 17.4. The molecule has 0 N–H and O–H groups in total. The van der Waals surface area contributed by atoms with Crippen molar-refractivity contribution < 1.29 is 18.0 Å². The van der Waals surface area contributed by atoms with Gasteiger partial charge < -0.3 is 4.90 Å². The molecule has 8 rings (SSSR count). The summed E-state index contributed by atoms with van der Waals surface area (Å²) in [5.41, 5.74) is 2.08. The van der Waals surface area contributed by atoms with Crippen LogP contribution in [0.15, 0.2) is 144 Å². The third-order valence-corrected chi connectivity index (χ3v) is 12.3. The minimum atomic E-state index is -4.74. The maximum absolute atomic E-state index is 15.1. The number of benzene rings is 4. The third kappa shape index (κ3) is 6.44. The summed E-state index contributed by atoms with van der Waals surface area (Å²) in [5.74, 6) is 0.119. The van der Waals surface area contributed by atoms with Crippen molar-refractivity contribution in [3.63, 3.8) is 0 Å². The van der Waals surface area contributed by atoms with Crippen LogP contribution in [0.3, 0.4) is 0 Å². The first-order chi connectivity index (χ1) is 25.8. The topological polar surface area (TPSA) is 51.0 Å². The van der Waals surface area contributed by atoms with Crippen LogP contribution in [-0.2, 0) is 11.7 Å². The van der Waals surface area contributed by atoms with E-state index >= 15 is 13.2 Å². The fraction of sp³-hybridized carbons (Fsp3) is 0.186. The molecule has 1 fully saturated rings. The first-order valence-corrected chi connectivity index (χ1v) is 19.5. The van der Waals surface area contributed by atoms with Crippen LogP contribution in [0.4, 0.5) is 18.9 Å². The van der Waals surface area contributed by atoms with Crippen molar-refractivity contribution in [2.75, 3.05) is 24.2 Å². The van der Waals surface area contributed by atoms with Gasteiger partial charge in [-0.05, 0) is 71.7 Å². The van der Waals surface area contributed by atoms with E-state index in [2.05, 4.69) is 15.0 Å². The van der Waals surface area contributed by atoms with Crippen LogP contribution >= 0.6 is 23.1 Å². The maximum atomic E-state index is 15.1. The van der Waals surface area contributed by atoms with Crippen molar-refractivity contribution >= 4 is 45.5 Å². The van der Waals surface area contributed by atoms with E-state index in [0.29, 0.717) is 37.0 Å².